The van der Waals surface area contributed by atoms with Gasteiger partial charge in [0.2, 0.25) is 5.91 Å². The molecule has 7 heteroatoms. The summed E-state index contributed by atoms with van der Waals surface area (Å²) in [6.07, 6.45) is 2.29. The van der Waals surface area contributed by atoms with Gasteiger partial charge in [0.15, 0.2) is 0 Å². The molecule has 0 radical (unpaired) electrons. The van der Waals surface area contributed by atoms with Crippen LogP contribution in [0.1, 0.15) is 30.8 Å². The maximum Gasteiger partial charge on any atom is 0.226 e. The molecule has 0 spiro atoms. The number of aromatic nitrogens is 3. The largest absolute Gasteiger partial charge is 0.371 e. The number of nitrogens with zero attached hydrogens (tertiary/aromatic N) is 3. The molecule has 0 saturated carbocycles. The van der Waals surface area contributed by atoms with Gasteiger partial charge in [-0.3, -0.25) is 9.48 Å². The lowest BCUT2D eigenvalue weighted by Crippen LogP contribution is -2.32. The highest BCUT2D eigenvalue weighted by molar-refractivity contribution is 7.07. The lowest BCUT2D eigenvalue weighted by molar-refractivity contribution is -0.127. The summed E-state index contributed by atoms with van der Waals surface area (Å²) < 4.78 is 7.66. The number of hydrogen-bond acceptors (Lipinski definition) is 5. The molecule has 3 heterocycles. The zero-order valence-electron chi connectivity index (χ0n) is 11.9. The molecule has 1 N–H and O–H groups in total. The van der Waals surface area contributed by atoms with E-state index in [4.69, 9.17) is 4.74 Å². The van der Waals surface area contributed by atoms with Crippen LogP contribution in [0.15, 0.2) is 23.2 Å². The standard InChI is InChI=1S/C14H18N4O2S/c1-2-18-12(3-5-17-18)13-11(4-6-20-13)14(19)15-7-10-8-21-9-16-10/h3,5,8-9,11,13H,2,4,6-7H2,1H3,(H,15,19)/t11-,13-/m1/s1. The SMILES string of the molecule is CCn1nccc1[C@@H]1OCC[C@H]1C(=O)NCc1cscn1. The number of hydrogen-bond donors (Lipinski definition) is 1. The molecule has 0 aromatic carbocycles. The predicted octanol–water partition coefficient (Wildman–Crippen LogP) is 1.75. The van der Waals surface area contributed by atoms with Crippen LogP contribution >= 0.6 is 11.3 Å². The molecule has 3 rings (SSSR count). The molecule has 1 aliphatic heterocycles. The summed E-state index contributed by atoms with van der Waals surface area (Å²) in [7, 11) is 0. The normalized spacial score (nSPS) is 21.6. The lowest BCUT2D eigenvalue weighted by atomic mass is 9.98. The average Bonchev–Trinajstić information content (AvgIpc) is 3.23. The van der Waals surface area contributed by atoms with E-state index in [2.05, 4.69) is 15.4 Å². The predicted molar refractivity (Wildman–Crippen MR) is 78.7 cm³/mol. The highest BCUT2D eigenvalue weighted by Crippen LogP contribution is 2.34. The average molecular weight is 306 g/mol. The van der Waals surface area contributed by atoms with Crippen molar-refractivity contribution >= 4 is 17.2 Å². The first-order chi connectivity index (χ1) is 10.3. The van der Waals surface area contributed by atoms with E-state index in [9.17, 15) is 4.79 Å². The Morgan fingerprint density at radius 1 is 1.62 bits per heavy atom. The van der Waals surface area contributed by atoms with Crippen LogP contribution in [-0.2, 0) is 22.6 Å². The fraction of sp³-hybridized carbons (Fsp3) is 0.500. The molecule has 21 heavy (non-hydrogen) atoms. The number of rotatable bonds is 5. The van der Waals surface area contributed by atoms with Gasteiger partial charge in [-0.25, -0.2) is 4.98 Å². The number of aryl methyl sites for hydroxylation is 1. The molecule has 0 bridgehead atoms. The van der Waals surface area contributed by atoms with Crippen molar-refractivity contribution in [3.05, 3.63) is 34.5 Å². The van der Waals surface area contributed by atoms with Gasteiger partial charge in [-0.15, -0.1) is 11.3 Å². The molecule has 2 aromatic heterocycles. The van der Waals surface area contributed by atoms with Crippen LogP contribution in [0, 0.1) is 5.92 Å². The zero-order valence-corrected chi connectivity index (χ0v) is 12.7. The Morgan fingerprint density at radius 3 is 3.29 bits per heavy atom. The molecule has 1 aliphatic rings. The molecule has 6 nitrogen and oxygen atoms in total. The Morgan fingerprint density at radius 2 is 2.52 bits per heavy atom. The third-order valence-electron chi connectivity index (χ3n) is 3.70. The molecular formula is C14H18N4O2S. The number of thiazole rings is 1. The van der Waals surface area contributed by atoms with Gasteiger partial charge < -0.3 is 10.1 Å². The monoisotopic (exact) mass is 306 g/mol. The van der Waals surface area contributed by atoms with Crippen molar-refractivity contribution in [3.63, 3.8) is 0 Å². The van der Waals surface area contributed by atoms with Gasteiger partial charge in [0.25, 0.3) is 0 Å². The molecule has 1 fully saturated rings. The van der Waals surface area contributed by atoms with Crippen molar-refractivity contribution in [2.24, 2.45) is 5.92 Å². The Hall–Kier alpha value is -1.73. The topological polar surface area (TPSA) is 69.0 Å². The van der Waals surface area contributed by atoms with Crippen LogP contribution in [0.25, 0.3) is 0 Å². The van der Waals surface area contributed by atoms with E-state index in [0.717, 1.165) is 24.4 Å². The summed E-state index contributed by atoms with van der Waals surface area (Å²) in [5, 5.41) is 9.15. The summed E-state index contributed by atoms with van der Waals surface area (Å²) in [5.41, 5.74) is 3.63. The van der Waals surface area contributed by atoms with Crippen LogP contribution in [0.2, 0.25) is 0 Å². The van der Waals surface area contributed by atoms with E-state index in [1.807, 2.05) is 23.1 Å². The van der Waals surface area contributed by atoms with Crippen LogP contribution in [-0.4, -0.2) is 27.3 Å². The third kappa shape index (κ3) is 2.98. The summed E-state index contributed by atoms with van der Waals surface area (Å²) in [4.78, 5) is 16.6. The third-order valence-corrected chi connectivity index (χ3v) is 4.33. The van der Waals surface area contributed by atoms with Crippen LogP contribution < -0.4 is 5.32 Å². The van der Waals surface area contributed by atoms with Crippen LogP contribution in [0.3, 0.4) is 0 Å². The number of carbonyl (C=O) groups is 1. The first kappa shape index (κ1) is 14.2. The number of ether oxygens (including phenoxy) is 1. The molecule has 1 saturated heterocycles. The maximum absolute atomic E-state index is 12.4. The van der Waals surface area contributed by atoms with Crippen molar-refractivity contribution in [1.29, 1.82) is 0 Å². The highest BCUT2D eigenvalue weighted by atomic mass is 32.1. The number of carbonyl (C=O) groups excluding carboxylic acids is 1. The van der Waals surface area contributed by atoms with E-state index in [0.29, 0.717) is 13.2 Å². The Kier molecular flexibility index (Phi) is 4.31. The summed E-state index contributed by atoms with van der Waals surface area (Å²) in [6.45, 7) is 3.88. The maximum atomic E-state index is 12.4. The second-order valence-electron chi connectivity index (χ2n) is 4.96. The molecule has 1 amide bonds. The zero-order chi connectivity index (χ0) is 14.7. The summed E-state index contributed by atoms with van der Waals surface area (Å²) in [6, 6.07) is 1.93. The second-order valence-corrected chi connectivity index (χ2v) is 5.67. The van der Waals surface area contributed by atoms with Gasteiger partial charge >= 0.3 is 0 Å². The van der Waals surface area contributed by atoms with Gasteiger partial charge in [0.1, 0.15) is 6.10 Å². The minimum absolute atomic E-state index is 0.0225. The minimum Gasteiger partial charge on any atom is -0.371 e. The van der Waals surface area contributed by atoms with Crippen LogP contribution in [0.4, 0.5) is 0 Å². The Bertz CT molecular complexity index is 596. The molecule has 0 aliphatic carbocycles. The summed E-state index contributed by atoms with van der Waals surface area (Å²) >= 11 is 1.53. The van der Waals surface area contributed by atoms with Crippen molar-refractivity contribution in [2.75, 3.05) is 6.61 Å². The van der Waals surface area contributed by atoms with Crippen molar-refractivity contribution < 1.29 is 9.53 Å². The first-order valence-corrected chi connectivity index (χ1v) is 8.02. The quantitative estimate of drug-likeness (QED) is 0.914. The van der Waals surface area contributed by atoms with E-state index in [1.165, 1.54) is 11.3 Å². The fourth-order valence-electron chi connectivity index (χ4n) is 2.63. The summed E-state index contributed by atoms with van der Waals surface area (Å²) in [5.74, 6) is -0.139. The van der Waals surface area contributed by atoms with Crippen molar-refractivity contribution in [2.45, 2.75) is 32.5 Å². The molecule has 2 aromatic rings. The Labute approximate surface area is 127 Å². The van der Waals surface area contributed by atoms with E-state index in [1.54, 1.807) is 11.7 Å². The molecule has 0 unspecified atom stereocenters. The smallest absolute Gasteiger partial charge is 0.226 e. The minimum atomic E-state index is -0.206. The van der Waals surface area contributed by atoms with Gasteiger partial charge in [-0.05, 0) is 19.4 Å². The second kappa shape index (κ2) is 6.36. The van der Waals surface area contributed by atoms with Gasteiger partial charge in [-0.1, -0.05) is 0 Å². The van der Waals surface area contributed by atoms with Gasteiger partial charge in [0.05, 0.1) is 29.4 Å². The molecular weight excluding hydrogens is 288 g/mol. The molecule has 112 valence electrons. The highest BCUT2D eigenvalue weighted by Gasteiger charge is 2.36. The van der Waals surface area contributed by atoms with Gasteiger partial charge in [0, 0.05) is 24.7 Å². The molecule has 2 atom stereocenters. The van der Waals surface area contributed by atoms with E-state index in [-0.39, 0.29) is 17.9 Å². The van der Waals surface area contributed by atoms with E-state index < -0.39 is 0 Å². The lowest BCUT2D eigenvalue weighted by Gasteiger charge is -2.18. The number of amides is 1. The fourth-order valence-corrected chi connectivity index (χ4v) is 3.19. The van der Waals surface area contributed by atoms with Gasteiger partial charge in [-0.2, -0.15) is 5.10 Å². The Balaban J connectivity index is 1.67. The van der Waals surface area contributed by atoms with Crippen LogP contribution in [0.5, 0.6) is 0 Å². The number of nitrogens with one attached hydrogen (secondary N) is 1. The van der Waals surface area contributed by atoms with Crippen molar-refractivity contribution in [3.8, 4) is 0 Å². The van der Waals surface area contributed by atoms with Crippen molar-refractivity contribution in [1.82, 2.24) is 20.1 Å². The first-order valence-electron chi connectivity index (χ1n) is 7.07. The van der Waals surface area contributed by atoms with E-state index >= 15 is 0 Å².